The summed E-state index contributed by atoms with van der Waals surface area (Å²) in [5.41, 5.74) is -2.98. The van der Waals surface area contributed by atoms with Crippen LogP contribution in [0.5, 0.6) is 5.75 Å². The number of nitrogens with one attached hydrogen (secondary N) is 1. The maximum Gasteiger partial charge on any atom is 0.436 e. The van der Waals surface area contributed by atoms with Gasteiger partial charge in [0.05, 0.1) is 36.4 Å². The van der Waals surface area contributed by atoms with E-state index in [1.165, 1.54) is 49.6 Å². The summed E-state index contributed by atoms with van der Waals surface area (Å²) < 4.78 is 66.9. The second kappa shape index (κ2) is 11.9. The molecule has 0 aliphatic rings. The number of rotatable bonds is 7. The Morgan fingerprint density at radius 1 is 1.02 bits per heavy atom. The summed E-state index contributed by atoms with van der Waals surface area (Å²) in [6.07, 6.45) is -5.76. The molecule has 226 valence electrons. The standard InChI is InChI=1S/C28H24ClF4N5O5/c1-27(2,3)43-26(41)16-7-5-6-8-19(16)34-25(40)24(30)37-13-21(42-4)18(12-23(37)39)17-11-15(29)9-10-20(17)38-14-22(35-36-38)28(31,32)33/h5-14,24H,1-4H3,(H,34,40). The van der Waals surface area contributed by atoms with Gasteiger partial charge in [-0.15, -0.1) is 5.10 Å². The summed E-state index contributed by atoms with van der Waals surface area (Å²) in [4.78, 5) is 38.6. The summed E-state index contributed by atoms with van der Waals surface area (Å²) >= 11 is 6.14. The Kier molecular flexibility index (Phi) is 8.62. The minimum absolute atomic E-state index is 0.0215. The fourth-order valence-electron chi connectivity index (χ4n) is 3.94. The molecule has 0 saturated heterocycles. The lowest BCUT2D eigenvalue weighted by Gasteiger charge is -2.21. The molecule has 2 aromatic heterocycles. The number of methoxy groups -OCH3 is 1. The number of nitrogens with zero attached hydrogens (tertiary/aromatic N) is 4. The van der Waals surface area contributed by atoms with Crippen LogP contribution >= 0.6 is 11.6 Å². The van der Waals surface area contributed by atoms with Crippen LogP contribution in [-0.4, -0.2) is 44.1 Å². The van der Waals surface area contributed by atoms with Crippen molar-refractivity contribution in [3.63, 3.8) is 0 Å². The number of pyridine rings is 1. The quantitative estimate of drug-likeness (QED) is 0.204. The fourth-order valence-corrected chi connectivity index (χ4v) is 4.11. The van der Waals surface area contributed by atoms with Crippen molar-refractivity contribution in [3.05, 3.63) is 87.6 Å². The van der Waals surface area contributed by atoms with E-state index in [1.807, 2.05) is 0 Å². The van der Waals surface area contributed by atoms with Crippen molar-refractivity contribution < 1.29 is 36.6 Å². The van der Waals surface area contributed by atoms with E-state index >= 15 is 4.39 Å². The first-order chi connectivity index (χ1) is 20.1. The van der Waals surface area contributed by atoms with Crippen LogP contribution < -0.4 is 15.6 Å². The second-order valence-corrected chi connectivity index (χ2v) is 10.5. The van der Waals surface area contributed by atoms with Gasteiger partial charge in [0.25, 0.3) is 17.8 Å². The molecule has 1 amide bonds. The van der Waals surface area contributed by atoms with Crippen LogP contribution in [0.1, 0.15) is 43.1 Å². The van der Waals surface area contributed by atoms with E-state index in [0.29, 0.717) is 10.8 Å². The van der Waals surface area contributed by atoms with Crippen molar-refractivity contribution in [2.24, 2.45) is 0 Å². The lowest BCUT2D eigenvalue weighted by Crippen LogP contribution is -2.31. The van der Waals surface area contributed by atoms with Crippen molar-refractivity contribution in [1.29, 1.82) is 0 Å². The molecule has 0 bridgehead atoms. The maximum absolute atomic E-state index is 15.5. The number of amides is 1. The van der Waals surface area contributed by atoms with Gasteiger partial charge in [-0.2, -0.15) is 13.2 Å². The molecule has 1 atom stereocenters. The van der Waals surface area contributed by atoms with Crippen LogP contribution in [-0.2, 0) is 15.7 Å². The number of carbonyl (C=O) groups is 2. The van der Waals surface area contributed by atoms with Gasteiger partial charge in [0.1, 0.15) is 11.4 Å². The summed E-state index contributed by atoms with van der Waals surface area (Å²) in [7, 11) is 1.21. The first-order valence-corrected chi connectivity index (χ1v) is 12.8. The van der Waals surface area contributed by atoms with Crippen LogP contribution in [0.3, 0.4) is 0 Å². The molecule has 0 saturated carbocycles. The van der Waals surface area contributed by atoms with E-state index in [0.717, 1.165) is 16.9 Å². The van der Waals surface area contributed by atoms with Gasteiger partial charge in [0.15, 0.2) is 5.69 Å². The van der Waals surface area contributed by atoms with Gasteiger partial charge in [-0.05, 0) is 51.1 Å². The highest BCUT2D eigenvalue weighted by Gasteiger charge is 2.35. The normalized spacial score (nSPS) is 12.5. The molecule has 0 aliphatic carbocycles. The number of anilines is 1. The topological polar surface area (TPSA) is 117 Å². The van der Waals surface area contributed by atoms with Crippen LogP contribution in [0.25, 0.3) is 16.8 Å². The van der Waals surface area contributed by atoms with Crippen molar-refractivity contribution in [1.82, 2.24) is 19.6 Å². The lowest BCUT2D eigenvalue weighted by atomic mass is 10.0. The van der Waals surface area contributed by atoms with Crippen molar-refractivity contribution in [3.8, 4) is 22.6 Å². The third-order valence-electron chi connectivity index (χ3n) is 5.81. The fraction of sp³-hybridized carbons (Fsp3) is 0.250. The zero-order valence-electron chi connectivity index (χ0n) is 23.1. The molecule has 1 N–H and O–H groups in total. The Labute approximate surface area is 246 Å². The highest BCUT2D eigenvalue weighted by atomic mass is 35.5. The lowest BCUT2D eigenvalue weighted by molar-refractivity contribution is -0.141. The molecule has 2 aromatic carbocycles. The number of halogens is 5. The Bertz CT molecular complexity index is 1750. The molecule has 43 heavy (non-hydrogen) atoms. The molecule has 2 heterocycles. The molecular formula is C28H24ClF4N5O5. The third-order valence-corrected chi connectivity index (χ3v) is 6.04. The maximum atomic E-state index is 15.5. The van der Waals surface area contributed by atoms with Gasteiger partial charge in [-0.1, -0.05) is 28.9 Å². The van der Waals surface area contributed by atoms with Crippen molar-refractivity contribution >= 4 is 29.2 Å². The van der Waals surface area contributed by atoms with Gasteiger partial charge in [0.2, 0.25) is 0 Å². The second-order valence-electron chi connectivity index (χ2n) is 10.1. The number of hydrogen-bond acceptors (Lipinski definition) is 7. The molecule has 10 nitrogen and oxygen atoms in total. The number of carbonyl (C=O) groups excluding carboxylic acids is 2. The van der Waals surface area contributed by atoms with Gasteiger partial charge in [-0.25, -0.2) is 13.9 Å². The van der Waals surface area contributed by atoms with Crippen LogP contribution in [0.15, 0.2) is 65.7 Å². The van der Waals surface area contributed by atoms with Gasteiger partial charge in [-0.3, -0.25) is 14.2 Å². The number of ether oxygens (including phenoxy) is 2. The monoisotopic (exact) mass is 621 g/mol. The molecule has 1 unspecified atom stereocenters. The van der Waals surface area contributed by atoms with E-state index in [2.05, 4.69) is 15.6 Å². The number of benzene rings is 2. The zero-order chi connectivity index (χ0) is 31.7. The number of hydrogen-bond donors (Lipinski definition) is 1. The van der Waals surface area contributed by atoms with Gasteiger partial charge >= 0.3 is 12.1 Å². The molecular weight excluding hydrogens is 598 g/mol. The Morgan fingerprint density at radius 3 is 2.35 bits per heavy atom. The van der Waals surface area contributed by atoms with Gasteiger partial charge in [0, 0.05) is 22.2 Å². The summed E-state index contributed by atoms with van der Waals surface area (Å²) in [6, 6.07) is 10.8. The SMILES string of the molecule is COc1cn(C(F)C(=O)Nc2ccccc2C(=O)OC(C)(C)C)c(=O)cc1-c1cc(Cl)ccc1-n1cc(C(F)(F)F)nn1. The van der Waals surface area contributed by atoms with E-state index in [4.69, 9.17) is 21.1 Å². The molecule has 4 aromatic rings. The van der Waals surface area contributed by atoms with Crippen molar-refractivity contribution in [2.75, 3.05) is 12.4 Å². The minimum atomic E-state index is -4.76. The predicted molar refractivity (Wildman–Crippen MR) is 148 cm³/mol. The predicted octanol–water partition coefficient (Wildman–Crippen LogP) is 5.84. The Morgan fingerprint density at radius 2 is 1.72 bits per heavy atom. The summed E-state index contributed by atoms with van der Waals surface area (Å²) in [5, 5.41) is 9.13. The largest absolute Gasteiger partial charge is 0.495 e. The van der Waals surface area contributed by atoms with Crippen LogP contribution in [0, 0.1) is 0 Å². The summed E-state index contributed by atoms with van der Waals surface area (Å²) in [6.45, 7) is 4.97. The van der Waals surface area contributed by atoms with Crippen LogP contribution in [0.4, 0.5) is 23.2 Å². The molecule has 0 spiro atoms. The number of aromatic nitrogens is 4. The van der Waals surface area contributed by atoms with E-state index in [1.54, 1.807) is 20.8 Å². The average Bonchev–Trinajstić information content (AvgIpc) is 3.43. The third kappa shape index (κ3) is 7.02. The van der Waals surface area contributed by atoms with E-state index in [9.17, 15) is 27.6 Å². The number of alkyl halides is 4. The molecule has 0 fully saturated rings. The molecule has 0 radical (unpaired) electrons. The van der Waals surface area contributed by atoms with E-state index < -0.39 is 41.2 Å². The molecule has 0 aliphatic heterocycles. The first kappa shape index (κ1) is 31.2. The smallest absolute Gasteiger partial charge is 0.436 e. The average molecular weight is 622 g/mol. The highest BCUT2D eigenvalue weighted by Crippen LogP contribution is 2.36. The highest BCUT2D eigenvalue weighted by molar-refractivity contribution is 6.31. The first-order valence-electron chi connectivity index (χ1n) is 12.5. The van der Waals surface area contributed by atoms with Gasteiger partial charge < -0.3 is 14.8 Å². The van der Waals surface area contributed by atoms with E-state index in [-0.39, 0.29) is 38.8 Å². The Balaban J connectivity index is 1.70. The van der Waals surface area contributed by atoms with Crippen molar-refractivity contribution in [2.45, 2.75) is 38.8 Å². The van der Waals surface area contributed by atoms with Crippen LogP contribution in [0.2, 0.25) is 5.02 Å². The Hall–Kier alpha value is -4.72. The number of para-hydroxylation sites is 1. The number of esters is 1. The summed E-state index contributed by atoms with van der Waals surface area (Å²) in [5.74, 6) is -2.16. The minimum Gasteiger partial charge on any atom is -0.495 e. The molecule has 4 rings (SSSR count). The zero-order valence-corrected chi connectivity index (χ0v) is 23.8. The molecule has 15 heteroatoms.